The summed E-state index contributed by atoms with van der Waals surface area (Å²) in [6.07, 6.45) is -3.81. The molecule has 0 saturated carbocycles. The van der Waals surface area contributed by atoms with E-state index in [1.165, 1.54) is 6.07 Å². The number of phosphoric acid groups is 3. The Kier molecular flexibility index (Phi) is 7.79. The summed E-state index contributed by atoms with van der Waals surface area (Å²) >= 11 is 0. The highest BCUT2D eigenvalue weighted by atomic mass is 31.3. The minimum atomic E-state index is -6.18. The third kappa shape index (κ3) is 7.17. The Morgan fingerprint density at radius 2 is 1.94 bits per heavy atom. The molecule has 1 aromatic heterocycles. The van der Waals surface area contributed by atoms with Crippen LogP contribution >= 0.6 is 23.5 Å². The van der Waals surface area contributed by atoms with Gasteiger partial charge in [-0.1, -0.05) is 5.11 Å². The van der Waals surface area contributed by atoms with Crippen LogP contribution in [0.4, 0.5) is 5.82 Å². The predicted molar refractivity (Wildman–Crippen MR) is 86.7 cm³/mol. The van der Waals surface area contributed by atoms with Crippen molar-refractivity contribution in [3.8, 4) is 0 Å². The van der Waals surface area contributed by atoms with Crippen molar-refractivity contribution in [3.05, 3.63) is 33.2 Å². The van der Waals surface area contributed by atoms with E-state index in [4.69, 9.17) is 16.0 Å². The number of rotatable bonds is 9. The van der Waals surface area contributed by atoms with E-state index in [-0.39, 0.29) is 5.82 Å². The molecule has 2 rings (SSSR count). The van der Waals surface area contributed by atoms with Crippen LogP contribution < -0.4 is 31.0 Å². The number of phosphoric ester groups is 1. The molecule has 0 spiro atoms. The Morgan fingerprint density at radius 1 is 1.29 bits per heavy atom. The van der Waals surface area contributed by atoms with Crippen molar-refractivity contribution < 1.29 is 56.3 Å². The average molecular weight is 504 g/mol. The molecule has 2 heterocycles. The van der Waals surface area contributed by atoms with E-state index in [1.54, 1.807) is 0 Å². The SMILES string of the molecule is [N-]=[N+]=NC1C(O)C(COP(=O)([O-])OP(=O)([O-])OP(=O)([O-])[O-])OC1n1ccc(N)nc1=O. The molecular formula is C9H11N6O13P3-4. The van der Waals surface area contributed by atoms with Crippen LogP contribution in [0.25, 0.3) is 10.4 Å². The fourth-order valence-corrected chi connectivity index (χ4v) is 5.21. The van der Waals surface area contributed by atoms with Gasteiger partial charge in [0.25, 0.3) is 15.6 Å². The van der Waals surface area contributed by atoms with Crippen LogP contribution in [0.1, 0.15) is 6.23 Å². The molecule has 31 heavy (non-hydrogen) atoms. The van der Waals surface area contributed by atoms with Gasteiger partial charge in [0.2, 0.25) is 0 Å². The topological polar surface area (TPSA) is 310 Å². The summed E-state index contributed by atoms with van der Waals surface area (Å²) in [5.74, 6) is -0.158. The minimum absolute atomic E-state index is 0.158. The highest BCUT2D eigenvalue weighted by molar-refractivity contribution is 7.64. The summed E-state index contributed by atoms with van der Waals surface area (Å²) < 4.78 is 49.6. The number of ether oxygens (including phenoxy) is 1. The second-order valence-corrected chi connectivity index (χ2v) is 9.84. The van der Waals surface area contributed by atoms with Gasteiger partial charge in [0.1, 0.15) is 24.2 Å². The van der Waals surface area contributed by atoms with Crippen molar-refractivity contribution in [2.45, 2.75) is 24.5 Å². The standard InChI is InChI=1S/C9H15N6O13P3/c10-5-1-2-15(9(17)12-5)8-6(13-14-11)7(16)4(26-8)3-25-30(21,22)28-31(23,24)27-29(18,19)20/h1-2,4,6-8,16H,3H2,(H,21,22)(H,23,24)(H2,10,12,17)(H2,18,19,20)/p-4. The van der Waals surface area contributed by atoms with Crippen molar-refractivity contribution >= 4 is 29.3 Å². The summed E-state index contributed by atoms with van der Waals surface area (Å²) in [6.45, 7) is -1.15. The minimum Gasteiger partial charge on any atom is -0.790 e. The fraction of sp³-hybridized carbons (Fsp3) is 0.556. The first kappa shape index (κ1) is 25.6. The van der Waals surface area contributed by atoms with Gasteiger partial charge in [0.05, 0.1) is 20.5 Å². The van der Waals surface area contributed by atoms with E-state index in [0.717, 1.165) is 10.8 Å². The van der Waals surface area contributed by atoms with Gasteiger partial charge in [-0.2, -0.15) is 4.98 Å². The molecule has 0 aliphatic carbocycles. The first-order valence-corrected chi connectivity index (χ1v) is 12.0. The Bertz CT molecular complexity index is 1070. The summed E-state index contributed by atoms with van der Waals surface area (Å²) in [5.41, 5.74) is 13.0. The number of aliphatic hydroxyl groups excluding tert-OH is 1. The number of aliphatic hydroxyl groups is 1. The molecular weight excluding hydrogens is 493 g/mol. The van der Waals surface area contributed by atoms with Gasteiger partial charge in [0, 0.05) is 11.1 Å². The van der Waals surface area contributed by atoms with Crippen molar-refractivity contribution in [2.75, 3.05) is 12.3 Å². The molecule has 3 N–H and O–H groups in total. The lowest BCUT2D eigenvalue weighted by Gasteiger charge is -2.37. The van der Waals surface area contributed by atoms with E-state index in [0.29, 0.717) is 0 Å². The van der Waals surface area contributed by atoms with Crippen LogP contribution in [-0.4, -0.2) is 39.5 Å². The summed E-state index contributed by atoms with van der Waals surface area (Å²) in [6, 6.07) is -0.320. The number of nitrogens with two attached hydrogens (primary N) is 1. The second kappa shape index (κ2) is 9.44. The van der Waals surface area contributed by atoms with Crippen LogP contribution in [0.15, 0.2) is 22.2 Å². The zero-order valence-corrected chi connectivity index (χ0v) is 17.4. The Morgan fingerprint density at radius 3 is 2.48 bits per heavy atom. The highest BCUT2D eigenvalue weighted by Crippen LogP contribution is 2.60. The number of anilines is 1. The first-order chi connectivity index (χ1) is 14.1. The van der Waals surface area contributed by atoms with Gasteiger partial charge < -0.3 is 44.2 Å². The molecule has 6 atom stereocenters. The lowest BCUT2D eigenvalue weighted by molar-refractivity contribution is -0.339. The van der Waals surface area contributed by atoms with E-state index in [1.807, 2.05) is 0 Å². The largest absolute Gasteiger partial charge is 0.790 e. The maximum absolute atomic E-state index is 12.0. The Labute approximate surface area is 171 Å². The molecule has 6 unspecified atom stereocenters. The molecule has 1 aliphatic rings. The normalized spacial score (nSPS) is 27.8. The number of nitrogen functional groups attached to an aromatic ring is 1. The third-order valence-corrected chi connectivity index (χ3v) is 7.11. The number of hydrogen-bond acceptors (Lipinski definition) is 16. The summed E-state index contributed by atoms with van der Waals surface area (Å²) in [5, 5.41) is 13.5. The summed E-state index contributed by atoms with van der Waals surface area (Å²) in [7, 11) is -18.2. The van der Waals surface area contributed by atoms with E-state index < -0.39 is 60.2 Å². The molecule has 0 amide bonds. The molecule has 0 bridgehead atoms. The predicted octanol–water partition coefficient (Wildman–Crippen LogP) is -3.42. The third-order valence-electron chi connectivity index (χ3n) is 3.44. The molecule has 0 radical (unpaired) electrons. The quantitative estimate of drug-likeness (QED) is 0.143. The van der Waals surface area contributed by atoms with Gasteiger partial charge in [0.15, 0.2) is 0 Å². The number of nitrogens with zero attached hydrogens (tertiary/aromatic N) is 5. The molecule has 22 heteroatoms. The molecule has 1 saturated heterocycles. The van der Waals surface area contributed by atoms with Gasteiger partial charge in [-0.05, 0) is 11.6 Å². The van der Waals surface area contributed by atoms with E-state index in [9.17, 15) is 43.2 Å². The molecule has 0 aromatic carbocycles. The van der Waals surface area contributed by atoms with Gasteiger partial charge >= 0.3 is 5.69 Å². The maximum atomic E-state index is 12.0. The van der Waals surface area contributed by atoms with Crippen molar-refractivity contribution in [2.24, 2.45) is 5.11 Å². The summed E-state index contributed by atoms with van der Waals surface area (Å²) in [4.78, 5) is 61.1. The van der Waals surface area contributed by atoms with E-state index in [2.05, 4.69) is 28.2 Å². The van der Waals surface area contributed by atoms with Gasteiger partial charge in [-0.3, -0.25) is 18.0 Å². The number of azide groups is 1. The highest BCUT2D eigenvalue weighted by Gasteiger charge is 2.45. The van der Waals surface area contributed by atoms with E-state index >= 15 is 0 Å². The van der Waals surface area contributed by atoms with Crippen molar-refractivity contribution in [3.63, 3.8) is 0 Å². The van der Waals surface area contributed by atoms with Crippen LogP contribution in [0.2, 0.25) is 0 Å². The second-order valence-electron chi connectivity index (χ2n) is 5.59. The first-order valence-electron chi connectivity index (χ1n) is 7.58. The molecule has 1 fully saturated rings. The lowest BCUT2D eigenvalue weighted by Crippen LogP contribution is -2.35. The smallest absolute Gasteiger partial charge is 0.351 e. The fourth-order valence-electron chi connectivity index (χ4n) is 2.35. The molecule has 1 aromatic rings. The van der Waals surface area contributed by atoms with Crippen LogP contribution in [0.5, 0.6) is 0 Å². The maximum Gasteiger partial charge on any atom is 0.351 e. The zero-order valence-electron chi connectivity index (χ0n) is 14.7. The van der Waals surface area contributed by atoms with Gasteiger partial charge in [-0.25, -0.2) is 9.11 Å². The van der Waals surface area contributed by atoms with Crippen LogP contribution in [0, 0.1) is 0 Å². The van der Waals surface area contributed by atoms with Crippen LogP contribution in [0.3, 0.4) is 0 Å². The number of aromatic nitrogens is 2. The molecule has 174 valence electrons. The van der Waals surface area contributed by atoms with Crippen LogP contribution in [-0.2, 0) is 31.6 Å². The Hall–Kier alpha value is -1.68. The zero-order chi connectivity index (χ0) is 23.6. The Balaban J connectivity index is 2.15. The monoisotopic (exact) mass is 504 g/mol. The molecule has 19 nitrogen and oxygen atoms in total. The van der Waals surface area contributed by atoms with Crippen molar-refractivity contribution in [1.29, 1.82) is 0 Å². The molecule has 1 aliphatic heterocycles. The number of hydrogen-bond donors (Lipinski definition) is 2. The lowest BCUT2D eigenvalue weighted by atomic mass is 10.1. The van der Waals surface area contributed by atoms with Gasteiger partial charge in [-0.15, -0.1) is 0 Å². The van der Waals surface area contributed by atoms with Crippen molar-refractivity contribution in [1.82, 2.24) is 9.55 Å². The average Bonchev–Trinajstić information content (AvgIpc) is 2.86.